The van der Waals surface area contributed by atoms with Crippen molar-refractivity contribution in [3.8, 4) is 11.4 Å². The van der Waals surface area contributed by atoms with Crippen LogP contribution in [0.4, 0.5) is 0 Å². The van der Waals surface area contributed by atoms with Crippen LogP contribution in [-0.4, -0.2) is 40.8 Å². The van der Waals surface area contributed by atoms with Gasteiger partial charge in [-0.15, -0.1) is 0 Å². The van der Waals surface area contributed by atoms with Crippen molar-refractivity contribution in [2.75, 3.05) is 0 Å². The van der Waals surface area contributed by atoms with Crippen LogP contribution in [0.15, 0.2) is 55.0 Å². The van der Waals surface area contributed by atoms with Gasteiger partial charge in [0, 0.05) is 22.8 Å². The molecule has 9 heteroatoms. The largest absolute Gasteiger partial charge is 0.478 e. The van der Waals surface area contributed by atoms with Crippen molar-refractivity contribution in [3.05, 3.63) is 71.3 Å². The predicted molar refractivity (Wildman–Crippen MR) is 108 cm³/mol. The number of hydrogen-bond acceptors (Lipinski definition) is 5. The van der Waals surface area contributed by atoms with Crippen LogP contribution in [0.5, 0.6) is 0 Å². The van der Waals surface area contributed by atoms with Crippen molar-refractivity contribution in [2.45, 2.75) is 6.54 Å². The molecule has 0 saturated heterocycles. The molecule has 4 heterocycles. The third-order valence-electron chi connectivity index (χ3n) is 4.61. The maximum Gasteiger partial charge on any atom is 0.339 e. The molecule has 4 aromatic heterocycles. The molecule has 0 radical (unpaired) electrons. The second-order valence-corrected chi connectivity index (χ2v) is 6.89. The average Bonchev–Trinajstić information content (AvgIpc) is 3.30. The molecule has 0 aliphatic rings. The zero-order valence-corrected chi connectivity index (χ0v) is 15.6. The molecule has 0 aliphatic carbocycles. The van der Waals surface area contributed by atoms with Crippen molar-refractivity contribution in [3.63, 3.8) is 0 Å². The van der Waals surface area contributed by atoms with Crippen LogP contribution in [0.3, 0.4) is 0 Å². The molecule has 8 nitrogen and oxygen atoms in total. The molecule has 0 spiro atoms. The Morgan fingerprint density at radius 1 is 1.21 bits per heavy atom. The lowest BCUT2D eigenvalue weighted by Gasteiger charge is -2.03. The summed E-state index contributed by atoms with van der Waals surface area (Å²) >= 11 is 6.21. The summed E-state index contributed by atoms with van der Waals surface area (Å²) in [7, 11) is 0. The monoisotopic (exact) mass is 404 g/mol. The van der Waals surface area contributed by atoms with Gasteiger partial charge in [-0.05, 0) is 30.3 Å². The zero-order chi connectivity index (χ0) is 20.0. The highest BCUT2D eigenvalue weighted by Gasteiger charge is 2.18. The summed E-state index contributed by atoms with van der Waals surface area (Å²) < 4.78 is 1.81. The number of benzene rings is 1. The number of H-pyrrole nitrogens is 1. The molecule has 0 unspecified atom stereocenters. The van der Waals surface area contributed by atoms with Crippen molar-refractivity contribution in [1.29, 1.82) is 0 Å². The van der Waals surface area contributed by atoms with E-state index in [1.54, 1.807) is 23.1 Å². The lowest BCUT2D eigenvalue weighted by Crippen LogP contribution is -2.03. The average molecular weight is 405 g/mol. The number of carboxylic acids is 1. The summed E-state index contributed by atoms with van der Waals surface area (Å²) in [5.41, 5.74) is 3.51. The maximum atomic E-state index is 11.5. The lowest BCUT2D eigenvalue weighted by molar-refractivity contribution is 0.0699. The first-order valence-electron chi connectivity index (χ1n) is 8.74. The van der Waals surface area contributed by atoms with Gasteiger partial charge in [0.2, 0.25) is 0 Å². The zero-order valence-electron chi connectivity index (χ0n) is 14.9. The van der Waals surface area contributed by atoms with Crippen LogP contribution in [0, 0.1) is 0 Å². The summed E-state index contributed by atoms with van der Waals surface area (Å²) in [6.45, 7) is 0.456. The van der Waals surface area contributed by atoms with E-state index in [1.807, 2.05) is 30.3 Å². The number of carboxylic acid groups (broad SMARTS) is 1. The third kappa shape index (κ3) is 2.99. The van der Waals surface area contributed by atoms with Gasteiger partial charge in [-0.2, -0.15) is 5.10 Å². The van der Waals surface area contributed by atoms with Gasteiger partial charge in [-0.25, -0.2) is 14.8 Å². The smallest absolute Gasteiger partial charge is 0.339 e. The Bertz CT molecular complexity index is 1380. The molecule has 0 bridgehead atoms. The fourth-order valence-electron chi connectivity index (χ4n) is 3.27. The van der Waals surface area contributed by atoms with Gasteiger partial charge in [0.1, 0.15) is 22.5 Å². The standard InChI is InChI=1S/C20H13ClN6O2/c21-11-4-5-13-16(7-11)27(10-12-3-1-2-6-22-12)26-17(13)15-9-24-19-18(25-15)14(8-23-19)20(28)29/h1-9H,10H2,(H,23,24)(H,28,29). The Morgan fingerprint density at radius 2 is 2.10 bits per heavy atom. The second-order valence-electron chi connectivity index (χ2n) is 6.45. The molecule has 29 heavy (non-hydrogen) atoms. The number of halogens is 1. The number of aromatic carboxylic acids is 1. The van der Waals surface area contributed by atoms with Gasteiger partial charge in [0.05, 0.1) is 24.0 Å². The molecule has 2 N–H and O–H groups in total. The first-order chi connectivity index (χ1) is 14.1. The number of fused-ring (bicyclic) bond motifs is 2. The first-order valence-corrected chi connectivity index (χ1v) is 9.12. The molecule has 5 rings (SSSR count). The van der Waals surface area contributed by atoms with Crippen molar-refractivity contribution in [1.82, 2.24) is 29.7 Å². The van der Waals surface area contributed by atoms with Gasteiger partial charge >= 0.3 is 5.97 Å². The number of rotatable bonds is 4. The highest BCUT2D eigenvalue weighted by Crippen LogP contribution is 2.30. The Morgan fingerprint density at radius 3 is 2.90 bits per heavy atom. The summed E-state index contributed by atoms with van der Waals surface area (Å²) in [6, 6.07) is 11.2. The minimum Gasteiger partial charge on any atom is -0.478 e. The topological polar surface area (TPSA) is 110 Å². The summed E-state index contributed by atoms with van der Waals surface area (Å²) in [6.07, 6.45) is 4.69. The number of nitrogens with zero attached hydrogens (tertiary/aromatic N) is 5. The Labute approximate surface area is 168 Å². The van der Waals surface area contributed by atoms with E-state index in [2.05, 4.69) is 19.9 Å². The highest BCUT2D eigenvalue weighted by atomic mass is 35.5. The van der Waals surface area contributed by atoms with E-state index in [4.69, 9.17) is 16.7 Å². The van der Waals surface area contributed by atoms with E-state index in [0.717, 1.165) is 16.6 Å². The normalized spacial score (nSPS) is 11.3. The number of aromatic amines is 1. The van der Waals surface area contributed by atoms with Crippen LogP contribution in [0.2, 0.25) is 5.02 Å². The summed E-state index contributed by atoms with van der Waals surface area (Å²) in [5.74, 6) is -1.07. The van der Waals surface area contributed by atoms with Crippen molar-refractivity contribution in [2.24, 2.45) is 0 Å². The molecule has 0 fully saturated rings. The quantitative estimate of drug-likeness (QED) is 0.472. The summed E-state index contributed by atoms with van der Waals surface area (Å²) in [5, 5.41) is 15.5. The third-order valence-corrected chi connectivity index (χ3v) is 4.84. The minimum absolute atomic E-state index is 0.0645. The minimum atomic E-state index is -1.07. The Balaban J connectivity index is 1.70. The van der Waals surface area contributed by atoms with E-state index < -0.39 is 5.97 Å². The number of carbonyl (C=O) groups is 1. The van der Waals surface area contributed by atoms with Crippen LogP contribution in [0.25, 0.3) is 33.5 Å². The fourth-order valence-corrected chi connectivity index (χ4v) is 3.44. The van der Waals surface area contributed by atoms with E-state index in [9.17, 15) is 9.90 Å². The van der Waals surface area contributed by atoms with E-state index >= 15 is 0 Å². The molecular formula is C20H13ClN6O2. The van der Waals surface area contributed by atoms with E-state index in [0.29, 0.717) is 28.6 Å². The van der Waals surface area contributed by atoms with Gasteiger partial charge in [0.15, 0.2) is 5.65 Å². The lowest BCUT2D eigenvalue weighted by atomic mass is 10.1. The SMILES string of the molecule is O=C(O)c1c[nH]c2ncc(-c3nn(Cc4ccccn4)c4cc(Cl)ccc34)nc12. The van der Waals surface area contributed by atoms with Crippen LogP contribution >= 0.6 is 11.6 Å². The Kier molecular flexibility index (Phi) is 3.99. The Hall–Kier alpha value is -3.78. The van der Waals surface area contributed by atoms with Gasteiger partial charge in [-0.3, -0.25) is 9.67 Å². The molecular weight excluding hydrogens is 392 g/mol. The van der Waals surface area contributed by atoms with Crippen LogP contribution < -0.4 is 0 Å². The van der Waals surface area contributed by atoms with Gasteiger partial charge in [0.25, 0.3) is 0 Å². The molecule has 0 amide bonds. The van der Waals surface area contributed by atoms with Crippen molar-refractivity contribution < 1.29 is 9.90 Å². The first kappa shape index (κ1) is 17.3. The number of nitrogens with one attached hydrogen (secondary N) is 1. The molecule has 0 atom stereocenters. The molecule has 0 aliphatic heterocycles. The number of aromatic nitrogens is 6. The highest BCUT2D eigenvalue weighted by molar-refractivity contribution is 6.31. The number of pyridine rings is 1. The maximum absolute atomic E-state index is 11.5. The van der Waals surface area contributed by atoms with E-state index in [-0.39, 0.29) is 11.1 Å². The van der Waals surface area contributed by atoms with Crippen LogP contribution in [-0.2, 0) is 6.54 Å². The van der Waals surface area contributed by atoms with Crippen LogP contribution in [0.1, 0.15) is 16.1 Å². The molecule has 1 aromatic carbocycles. The van der Waals surface area contributed by atoms with E-state index in [1.165, 1.54) is 6.20 Å². The van der Waals surface area contributed by atoms with Gasteiger partial charge in [-0.1, -0.05) is 17.7 Å². The fraction of sp³-hybridized carbons (Fsp3) is 0.0500. The molecule has 142 valence electrons. The van der Waals surface area contributed by atoms with Gasteiger partial charge < -0.3 is 10.1 Å². The predicted octanol–water partition coefficient (Wildman–Crippen LogP) is 3.77. The summed E-state index contributed by atoms with van der Waals surface area (Å²) in [4.78, 5) is 27.5. The molecule has 0 saturated carbocycles. The van der Waals surface area contributed by atoms with Crippen molar-refractivity contribution >= 4 is 39.6 Å². The molecule has 5 aromatic rings. The second kappa shape index (κ2) is 6.68. The number of hydrogen-bond donors (Lipinski definition) is 2.